The van der Waals surface area contributed by atoms with Crippen LogP contribution in [-0.2, 0) is 4.74 Å². The van der Waals surface area contributed by atoms with Crippen LogP contribution in [0.15, 0.2) is 0 Å². The number of hydrogen-bond acceptors (Lipinski definition) is 3. The maximum absolute atomic E-state index is 10.8. The fraction of sp³-hybridized carbons (Fsp3) is 0.750. The van der Waals surface area contributed by atoms with Crippen LogP contribution < -0.4 is 11.1 Å². The number of carbonyl (C=O) groups excluding carboxylic acids is 1. The molecule has 1 fully saturated rings. The largest absolute Gasteiger partial charge is 0.444 e. The summed E-state index contributed by atoms with van der Waals surface area (Å²) < 4.78 is 5.03. The van der Waals surface area contributed by atoms with Crippen molar-refractivity contribution in [1.29, 1.82) is 0 Å². The highest BCUT2D eigenvalue weighted by Gasteiger charge is 2.31. The number of ether oxygens (including phenoxy) is 1. The molecular weight excluding hydrogens is 188 g/mol. The lowest BCUT2D eigenvalue weighted by Gasteiger charge is -2.22. The van der Waals surface area contributed by atoms with E-state index in [1.54, 1.807) is 0 Å². The van der Waals surface area contributed by atoms with Crippen LogP contribution in [0.3, 0.4) is 0 Å². The zero-order chi connectivity index (χ0) is 10.0. The van der Waals surface area contributed by atoms with E-state index in [-0.39, 0.29) is 24.0 Å². The topological polar surface area (TPSA) is 64.3 Å². The molecule has 3 unspecified atom stereocenters. The quantitative estimate of drug-likeness (QED) is 0.660. The van der Waals surface area contributed by atoms with Gasteiger partial charge in [-0.15, -0.1) is 0 Å². The van der Waals surface area contributed by atoms with Gasteiger partial charge in [-0.05, 0) is 0 Å². The van der Waals surface area contributed by atoms with Crippen LogP contribution in [-0.4, -0.2) is 23.7 Å². The van der Waals surface area contributed by atoms with E-state index in [4.69, 9.17) is 22.7 Å². The van der Waals surface area contributed by atoms with Gasteiger partial charge in [-0.1, -0.05) is 26.1 Å². The minimum absolute atomic E-state index is 0.0905. The minimum atomic E-state index is -0.355. The van der Waals surface area contributed by atoms with E-state index >= 15 is 0 Å². The van der Waals surface area contributed by atoms with Gasteiger partial charge in [-0.25, -0.2) is 4.79 Å². The number of nitrogens with one attached hydrogen (secondary N) is 1. The van der Waals surface area contributed by atoms with Crippen LogP contribution in [0.25, 0.3) is 0 Å². The first kappa shape index (κ1) is 10.2. The van der Waals surface area contributed by atoms with Crippen molar-refractivity contribution in [2.45, 2.75) is 20.0 Å². The Morgan fingerprint density at radius 2 is 2.38 bits per heavy atom. The normalized spacial score (nSPS) is 26.0. The summed E-state index contributed by atoms with van der Waals surface area (Å²) >= 11 is 4.88. The van der Waals surface area contributed by atoms with Crippen molar-refractivity contribution in [3.05, 3.63) is 0 Å². The molecule has 13 heavy (non-hydrogen) atoms. The minimum Gasteiger partial charge on any atom is -0.444 e. The molecule has 0 aromatic rings. The fourth-order valence-corrected chi connectivity index (χ4v) is 1.49. The van der Waals surface area contributed by atoms with Gasteiger partial charge in [-0.2, -0.15) is 0 Å². The van der Waals surface area contributed by atoms with Crippen LogP contribution in [0.5, 0.6) is 0 Å². The number of carbonyl (C=O) groups is 1. The summed E-state index contributed by atoms with van der Waals surface area (Å²) in [6.07, 6.45) is -0.462. The molecule has 0 aromatic heterocycles. The monoisotopic (exact) mass is 202 g/mol. The third-order valence-electron chi connectivity index (χ3n) is 2.53. The van der Waals surface area contributed by atoms with Gasteiger partial charge >= 0.3 is 6.09 Å². The van der Waals surface area contributed by atoms with Gasteiger partial charge < -0.3 is 15.8 Å². The Morgan fingerprint density at radius 1 is 1.77 bits per heavy atom. The number of amides is 1. The van der Waals surface area contributed by atoms with Crippen molar-refractivity contribution in [3.63, 3.8) is 0 Å². The second kappa shape index (κ2) is 3.91. The molecule has 1 heterocycles. The van der Waals surface area contributed by atoms with E-state index < -0.39 is 0 Å². The first-order valence-electron chi connectivity index (χ1n) is 4.26. The predicted molar refractivity (Wildman–Crippen MR) is 53.4 cm³/mol. The lowest BCUT2D eigenvalue weighted by molar-refractivity contribution is 0.101. The third-order valence-corrected chi connectivity index (χ3v) is 2.90. The van der Waals surface area contributed by atoms with Crippen molar-refractivity contribution in [2.75, 3.05) is 6.54 Å². The van der Waals surface area contributed by atoms with Crippen LogP contribution >= 0.6 is 12.2 Å². The Balaban J connectivity index is 2.52. The van der Waals surface area contributed by atoms with E-state index in [2.05, 4.69) is 5.32 Å². The molecule has 1 saturated heterocycles. The highest BCUT2D eigenvalue weighted by Crippen LogP contribution is 2.20. The number of thiocarbonyl (C=S) groups is 1. The van der Waals surface area contributed by atoms with Crippen molar-refractivity contribution in [2.24, 2.45) is 17.6 Å². The van der Waals surface area contributed by atoms with E-state index in [1.807, 2.05) is 13.8 Å². The van der Waals surface area contributed by atoms with E-state index in [0.717, 1.165) is 0 Å². The van der Waals surface area contributed by atoms with Crippen LogP contribution in [0.4, 0.5) is 4.79 Å². The number of nitrogens with two attached hydrogens (primary N) is 1. The molecule has 1 aliphatic rings. The first-order chi connectivity index (χ1) is 6.02. The number of alkyl carbamates (subject to hydrolysis) is 1. The number of hydrogen-bond donors (Lipinski definition) is 2. The molecule has 1 aliphatic heterocycles. The molecular formula is C8H14N2O2S. The molecule has 0 bridgehead atoms. The lowest BCUT2D eigenvalue weighted by Crippen LogP contribution is -2.33. The van der Waals surface area contributed by atoms with Gasteiger partial charge in [0.2, 0.25) is 0 Å². The van der Waals surface area contributed by atoms with E-state index in [9.17, 15) is 4.79 Å². The lowest BCUT2D eigenvalue weighted by atomic mass is 9.91. The Kier molecular flexibility index (Phi) is 3.08. The molecule has 4 nitrogen and oxygen atoms in total. The van der Waals surface area contributed by atoms with Gasteiger partial charge in [0, 0.05) is 11.8 Å². The molecule has 1 amide bonds. The molecule has 0 radical (unpaired) electrons. The number of rotatable bonds is 3. The molecule has 0 aliphatic carbocycles. The molecule has 0 aromatic carbocycles. The zero-order valence-corrected chi connectivity index (χ0v) is 8.56. The zero-order valence-electron chi connectivity index (χ0n) is 7.74. The Bertz CT molecular complexity index is 232. The van der Waals surface area contributed by atoms with Gasteiger partial charge in [0.05, 0.1) is 11.5 Å². The van der Waals surface area contributed by atoms with Gasteiger partial charge in [0.1, 0.15) is 6.10 Å². The maximum Gasteiger partial charge on any atom is 0.407 e. The van der Waals surface area contributed by atoms with Crippen molar-refractivity contribution in [1.82, 2.24) is 5.32 Å². The summed E-state index contributed by atoms with van der Waals surface area (Å²) in [6.45, 7) is 4.47. The second-order valence-electron chi connectivity index (χ2n) is 3.37. The SMILES string of the molecule is CC(C(N)=S)C(C)C1CNC(=O)O1. The Labute approximate surface area is 82.8 Å². The van der Waals surface area contributed by atoms with Gasteiger partial charge in [0.15, 0.2) is 0 Å². The highest BCUT2D eigenvalue weighted by molar-refractivity contribution is 7.80. The van der Waals surface area contributed by atoms with Crippen LogP contribution in [0, 0.1) is 11.8 Å². The van der Waals surface area contributed by atoms with E-state index in [1.165, 1.54) is 0 Å². The summed E-state index contributed by atoms with van der Waals surface area (Å²) in [5.41, 5.74) is 5.51. The molecule has 0 spiro atoms. The van der Waals surface area contributed by atoms with Crippen LogP contribution in [0.2, 0.25) is 0 Å². The summed E-state index contributed by atoms with van der Waals surface area (Å²) in [6, 6.07) is 0. The molecule has 3 atom stereocenters. The standard InChI is InChI=1S/C8H14N2O2S/c1-4(5(2)7(9)13)6-3-10-8(11)12-6/h4-6H,3H2,1-2H3,(H2,9,13)(H,10,11). The Morgan fingerprint density at radius 3 is 2.77 bits per heavy atom. The third kappa shape index (κ3) is 2.30. The molecule has 3 N–H and O–H groups in total. The molecule has 74 valence electrons. The fourth-order valence-electron chi connectivity index (χ4n) is 1.28. The Hall–Kier alpha value is -0.840. The second-order valence-corrected chi connectivity index (χ2v) is 3.85. The molecule has 1 rings (SSSR count). The van der Waals surface area contributed by atoms with E-state index in [0.29, 0.717) is 11.5 Å². The highest BCUT2D eigenvalue weighted by atomic mass is 32.1. The van der Waals surface area contributed by atoms with Gasteiger partial charge in [0.25, 0.3) is 0 Å². The van der Waals surface area contributed by atoms with Crippen LogP contribution in [0.1, 0.15) is 13.8 Å². The van der Waals surface area contributed by atoms with Crippen molar-refractivity contribution < 1.29 is 9.53 Å². The summed E-state index contributed by atoms with van der Waals surface area (Å²) in [7, 11) is 0. The van der Waals surface area contributed by atoms with Gasteiger partial charge in [-0.3, -0.25) is 0 Å². The summed E-state index contributed by atoms with van der Waals surface area (Å²) in [4.78, 5) is 11.2. The molecule has 5 heteroatoms. The average Bonchev–Trinajstić information content (AvgIpc) is 2.49. The van der Waals surface area contributed by atoms with Crippen molar-refractivity contribution >= 4 is 23.3 Å². The van der Waals surface area contributed by atoms with Crippen molar-refractivity contribution in [3.8, 4) is 0 Å². The smallest absolute Gasteiger partial charge is 0.407 e. The summed E-state index contributed by atoms with van der Waals surface area (Å²) in [5, 5.41) is 2.60. The maximum atomic E-state index is 10.8. The summed E-state index contributed by atoms with van der Waals surface area (Å²) in [5.74, 6) is 0.254. The first-order valence-corrected chi connectivity index (χ1v) is 4.67. The average molecular weight is 202 g/mol. The number of cyclic esters (lactones) is 1. The predicted octanol–water partition coefficient (Wildman–Crippen LogP) is 0.653. The molecule has 0 saturated carbocycles.